The zero-order valence-corrected chi connectivity index (χ0v) is 15.5. The summed E-state index contributed by atoms with van der Waals surface area (Å²) in [4.78, 5) is 24.9. The predicted octanol–water partition coefficient (Wildman–Crippen LogP) is 2.33. The van der Waals surface area contributed by atoms with Crippen molar-refractivity contribution in [3.05, 3.63) is 33.7 Å². The molecule has 2 rings (SSSR count). The number of thiocarbonyl (C=S) groups is 1. The fraction of sp³-hybridized carbons (Fsp3) is 0.312. The molecule has 128 valence electrons. The molecule has 0 aliphatic carbocycles. The Labute approximate surface area is 154 Å². The minimum absolute atomic E-state index is 0.118. The Balaban J connectivity index is 2.16. The quantitative estimate of drug-likeness (QED) is 0.553. The first-order valence-corrected chi connectivity index (χ1v) is 8.75. The molecular formula is C16H15ClNO4S2-. The van der Waals surface area contributed by atoms with E-state index in [9.17, 15) is 14.7 Å². The number of carboxylic acid groups (broad SMARTS) is 1. The number of aliphatic carboxylic acids is 1. The molecule has 0 atom stereocenters. The highest BCUT2D eigenvalue weighted by molar-refractivity contribution is 8.26. The van der Waals surface area contributed by atoms with Gasteiger partial charge in [0.05, 0.1) is 15.9 Å². The standard InChI is InChI=1S/C16H16ClNO4S2/c1-9(2)7-18-15(21)13(24-16(18)23)6-10-3-4-12(11(17)5-10)22-8-14(19)20/h3-6,9H,7-8H2,1-2H3,(H,19,20)/p-1/b13-6-. The molecule has 0 saturated carbocycles. The van der Waals surface area contributed by atoms with E-state index in [1.807, 2.05) is 13.8 Å². The van der Waals surface area contributed by atoms with Crippen LogP contribution in [0, 0.1) is 5.92 Å². The normalized spacial score (nSPS) is 16.3. The number of nitrogens with zero attached hydrogens (tertiary/aromatic N) is 1. The summed E-state index contributed by atoms with van der Waals surface area (Å²) < 4.78 is 5.55. The lowest BCUT2D eigenvalue weighted by atomic mass is 10.2. The maximum atomic E-state index is 12.4. The number of carbonyl (C=O) groups excluding carboxylic acids is 2. The molecule has 1 heterocycles. The number of amides is 1. The lowest BCUT2D eigenvalue weighted by molar-refractivity contribution is -0.307. The number of hydrogen-bond acceptors (Lipinski definition) is 6. The van der Waals surface area contributed by atoms with Gasteiger partial charge in [-0.05, 0) is 29.7 Å². The molecule has 1 aliphatic heterocycles. The number of halogens is 1. The predicted molar refractivity (Wildman–Crippen MR) is 96.7 cm³/mol. The van der Waals surface area contributed by atoms with Gasteiger partial charge in [0.25, 0.3) is 5.91 Å². The summed E-state index contributed by atoms with van der Waals surface area (Å²) in [5, 5.41) is 10.7. The number of carbonyl (C=O) groups is 2. The largest absolute Gasteiger partial charge is 0.546 e. The molecule has 1 fully saturated rings. The molecule has 1 amide bonds. The van der Waals surface area contributed by atoms with Gasteiger partial charge in [0.1, 0.15) is 16.7 Å². The van der Waals surface area contributed by atoms with Crippen LogP contribution in [0.25, 0.3) is 6.08 Å². The minimum Gasteiger partial charge on any atom is -0.546 e. The number of carboxylic acids is 1. The Morgan fingerprint density at radius 3 is 2.79 bits per heavy atom. The monoisotopic (exact) mass is 384 g/mol. The zero-order chi connectivity index (χ0) is 17.9. The molecule has 1 aromatic rings. The van der Waals surface area contributed by atoms with E-state index in [-0.39, 0.29) is 16.7 Å². The number of hydrogen-bond donors (Lipinski definition) is 0. The van der Waals surface area contributed by atoms with E-state index in [1.165, 1.54) is 11.8 Å². The van der Waals surface area contributed by atoms with Crippen LogP contribution < -0.4 is 9.84 Å². The van der Waals surface area contributed by atoms with Gasteiger partial charge >= 0.3 is 0 Å². The zero-order valence-electron chi connectivity index (χ0n) is 13.1. The second-order valence-electron chi connectivity index (χ2n) is 5.54. The Bertz CT molecular complexity index is 718. The number of thioether (sulfide) groups is 1. The van der Waals surface area contributed by atoms with Crippen LogP contribution in [-0.4, -0.2) is 34.2 Å². The van der Waals surface area contributed by atoms with Crippen LogP contribution in [0.15, 0.2) is 23.1 Å². The highest BCUT2D eigenvalue weighted by Gasteiger charge is 2.32. The Morgan fingerprint density at radius 1 is 1.50 bits per heavy atom. The lowest BCUT2D eigenvalue weighted by Gasteiger charge is -2.16. The molecule has 0 spiro atoms. The van der Waals surface area contributed by atoms with Crippen molar-refractivity contribution in [1.29, 1.82) is 0 Å². The van der Waals surface area contributed by atoms with Gasteiger partial charge in [0.15, 0.2) is 0 Å². The van der Waals surface area contributed by atoms with Crippen LogP contribution >= 0.6 is 35.6 Å². The topological polar surface area (TPSA) is 69.7 Å². The molecule has 24 heavy (non-hydrogen) atoms. The lowest BCUT2D eigenvalue weighted by Crippen LogP contribution is -2.31. The highest BCUT2D eigenvalue weighted by atomic mass is 35.5. The molecule has 0 radical (unpaired) electrons. The first kappa shape index (κ1) is 18.8. The Kier molecular flexibility index (Phi) is 6.26. The maximum absolute atomic E-state index is 12.4. The number of rotatable bonds is 6. The van der Waals surface area contributed by atoms with E-state index in [2.05, 4.69) is 0 Å². The SMILES string of the molecule is CC(C)CN1C(=O)/C(=C/c2ccc(OCC(=O)[O-])c(Cl)c2)SC1=S. The maximum Gasteiger partial charge on any atom is 0.266 e. The van der Waals surface area contributed by atoms with Crippen LogP contribution in [0.4, 0.5) is 0 Å². The average Bonchev–Trinajstić information content (AvgIpc) is 2.73. The van der Waals surface area contributed by atoms with Crippen LogP contribution in [0.3, 0.4) is 0 Å². The van der Waals surface area contributed by atoms with Gasteiger partial charge in [0.2, 0.25) is 0 Å². The van der Waals surface area contributed by atoms with Gasteiger partial charge < -0.3 is 14.6 Å². The number of ether oxygens (including phenoxy) is 1. The first-order valence-electron chi connectivity index (χ1n) is 7.15. The van der Waals surface area contributed by atoms with Crippen LogP contribution in [0.5, 0.6) is 5.75 Å². The molecule has 1 aliphatic rings. The average molecular weight is 385 g/mol. The van der Waals surface area contributed by atoms with Crippen molar-refractivity contribution in [2.24, 2.45) is 5.92 Å². The van der Waals surface area contributed by atoms with Crippen LogP contribution in [0.2, 0.25) is 5.02 Å². The Hall–Kier alpha value is -1.57. The van der Waals surface area contributed by atoms with E-state index >= 15 is 0 Å². The van der Waals surface area contributed by atoms with E-state index in [4.69, 9.17) is 28.6 Å². The van der Waals surface area contributed by atoms with Gasteiger partial charge in [-0.1, -0.05) is 55.5 Å². The van der Waals surface area contributed by atoms with Crippen molar-refractivity contribution in [3.8, 4) is 5.75 Å². The van der Waals surface area contributed by atoms with Crippen LogP contribution in [0.1, 0.15) is 19.4 Å². The first-order chi connectivity index (χ1) is 11.3. The van der Waals surface area contributed by atoms with Crippen molar-refractivity contribution in [2.45, 2.75) is 13.8 Å². The third kappa shape index (κ3) is 4.72. The molecular weight excluding hydrogens is 370 g/mol. The van der Waals surface area contributed by atoms with Gasteiger partial charge in [0, 0.05) is 6.54 Å². The van der Waals surface area contributed by atoms with Gasteiger partial charge in [-0.3, -0.25) is 9.69 Å². The summed E-state index contributed by atoms with van der Waals surface area (Å²) in [5.41, 5.74) is 0.700. The second-order valence-corrected chi connectivity index (χ2v) is 7.62. The van der Waals surface area contributed by atoms with E-state index < -0.39 is 12.6 Å². The smallest absolute Gasteiger partial charge is 0.266 e. The molecule has 0 aromatic heterocycles. The molecule has 1 saturated heterocycles. The fourth-order valence-corrected chi connectivity index (χ4v) is 3.55. The van der Waals surface area contributed by atoms with Crippen molar-refractivity contribution in [1.82, 2.24) is 4.90 Å². The number of benzene rings is 1. The van der Waals surface area contributed by atoms with Gasteiger partial charge in [-0.25, -0.2) is 0 Å². The summed E-state index contributed by atoms with van der Waals surface area (Å²) in [5.74, 6) is -0.886. The van der Waals surface area contributed by atoms with Crippen molar-refractivity contribution in [2.75, 3.05) is 13.2 Å². The van der Waals surface area contributed by atoms with E-state index in [0.29, 0.717) is 27.3 Å². The molecule has 0 bridgehead atoms. The van der Waals surface area contributed by atoms with Crippen molar-refractivity contribution in [3.63, 3.8) is 0 Å². The van der Waals surface area contributed by atoms with Crippen molar-refractivity contribution >= 4 is 57.9 Å². The summed E-state index contributed by atoms with van der Waals surface area (Å²) >= 11 is 12.6. The summed E-state index contributed by atoms with van der Waals surface area (Å²) in [6, 6.07) is 4.83. The summed E-state index contributed by atoms with van der Waals surface area (Å²) in [6.07, 6.45) is 1.70. The third-order valence-electron chi connectivity index (χ3n) is 3.02. The van der Waals surface area contributed by atoms with Crippen molar-refractivity contribution < 1.29 is 19.4 Å². The molecule has 8 heteroatoms. The molecule has 0 N–H and O–H groups in total. The molecule has 5 nitrogen and oxygen atoms in total. The summed E-state index contributed by atoms with van der Waals surface area (Å²) in [7, 11) is 0. The molecule has 1 aromatic carbocycles. The second kappa shape index (κ2) is 8.00. The molecule has 0 unspecified atom stereocenters. The van der Waals surface area contributed by atoms with E-state index in [0.717, 1.165) is 0 Å². The van der Waals surface area contributed by atoms with E-state index in [1.54, 1.807) is 29.2 Å². The minimum atomic E-state index is -1.33. The highest BCUT2D eigenvalue weighted by Crippen LogP contribution is 2.34. The van der Waals surface area contributed by atoms with Crippen LogP contribution in [-0.2, 0) is 9.59 Å². The fourth-order valence-electron chi connectivity index (χ4n) is 2.03. The van der Waals surface area contributed by atoms with Gasteiger partial charge in [-0.2, -0.15) is 0 Å². The Morgan fingerprint density at radius 2 is 2.21 bits per heavy atom. The third-order valence-corrected chi connectivity index (χ3v) is 4.69. The van der Waals surface area contributed by atoms with Gasteiger partial charge in [-0.15, -0.1) is 0 Å². The summed E-state index contributed by atoms with van der Waals surface area (Å²) in [6.45, 7) is 4.05.